The molecule has 0 aromatic heterocycles. The van der Waals surface area contributed by atoms with Crippen molar-refractivity contribution >= 4 is 0 Å². The van der Waals surface area contributed by atoms with E-state index in [-0.39, 0.29) is 0 Å². The van der Waals surface area contributed by atoms with Gasteiger partial charge < -0.3 is 15.2 Å². The number of ether oxygens (including phenoxy) is 1. The minimum absolute atomic E-state index is 0.350. The minimum atomic E-state index is 0.350. The molecular weight excluding hydrogens is 226 g/mol. The summed E-state index contributed by atoms with van der Waals surface area (Å²) in [6, 6.07) is 8.00. The van der Waals surface area contributed by atoms with Crippen molar-refractivity contribution in [3.05, 3.63) is 29.8 Å². The second-order valence-corrected chi connectivity index (χ2v) is 5.02. The fourth-order valence-electron chi connectivity index (χ4n) is 2.69. The monoisotopic (exact) mass is 249 g/mol. The molecule has 1 aliphatic heterocycles. The fraction of sp³-hybridized carbons (Fsp3) is 0.600. The van der Waals surface area contributed by atoms with Crippen molar-refractivity contribution in [3.63, 3.8) is 0 Å². The molecule has 1 fully saturated rings. The van der Waals surface area contributed by atoms with E-state index in [4.69, 9.17) is 4.74 Å². The lowest BCUT2D eigenvalue weighted by Gasteiger charge is -2.31. The summed E-state index contributed by atoms with van der Waals surface area (Å²) in [5, 5.41) is 13.1. The number of phenols is 1. The maximum absolute atomic E-state index is 9.52. The predicted octanol–water partition coefficient (Wildman–Crippen LogP) is 2.34. The van der Waals surface area contributed by atoms with Crippen LogP contribution in [0.25, 0.3) is 0 Å². The zero-order valence-electron chi connectivity index (χ0n) is 11.1. The molecule has 2 N–H and O–H groups in total. The van der Waals surface area contributed by atoms with Crippen molar-refractivity contribution in [1.29, 1.82) is 0 Å². The summed E-state index contributed by atoms with van der Waals surface area (Å²) in [5.41, 5.74) is 1.19. The molecule has 3 nitrogen and oxygen atoms in total. The zero-order chi connectivity index (χ0) is 12.8. The first-order valence-electron chi connectivity index (χ1n) is 6.88. The Bertz CT molecular complexity index is 361. The largest absolute Gasteiger partial charge is 0.508 e. The van der Waals surface area contributed by atoms with Crippen LogP contribution in [0.2, 0.25) is 0 Å². The maximum Gasteiger partial charge on any atom is 0.115 e. The number of rotatable bonds is 5. The van der Waals surface area contributed by atoms with Crippen LogP contribution in [-0.4, -0.2) is 30.9 Å². The number of nitrogens with one attached hydrogen (secondary N) is 1. The van der Waals surface area contributed by atoms with Gasteiger partial charge in [0, 0.05) is 12.6 Å². The predicted molar refractivity (Wildman–Crippen MR) is 72.8 cm³/mol. The highest BCUT2D eigenvalue weighted by Crippen LogP contribution is 2.21. The van der Waals surface area contributed by atoms with Crippen LogP contribution < -0.4 is 5.32 Å². The Morgan fingerprint density at radius 1 is 1.50 bits per heavy atom. The Morgan fingerprint density at radius 2 is 2.39 bits per heavy atom. The highest BCUT2D eigenvalue weighted by atomic mass is 16.5. The third kappa shape index (κ3) is 3.72. The molecule has 1 heterocycles. The average molecular weight is 249 g/mol. The molecule has 2 unspecified atom stereocenters. The molecule has 0 amide bonds. The van der Waals surface area contributed by atoms with Gasteiger partial charge in [-0.25, -0.2) is 0 Å². The molecule has 3 heteroatoms. The number of phenolic OH excluding ortho intramolecular Hbond substituents is 1. The van der Waals surface area contributed by atoms with Crippen LogP contribution in [0.3, 0.4) is 0 Å². The second kappa shape index (κ2) is 6.76. The van der Waals surface area contributed by atoms with Gasteiger partial charge in [0.1, 0.15) is 5.75 Å². The highest BCUT2D eigenvalue weighted by Gasteiger charge is 2.23. The molecule has 100 valence electrons. The molecule has 2 rings (SSSR count). The first-order chi connectivity index (χ1) is 8.79. The Kier molecular flexibility index (Phi) is 5.02. The van der Waals surface area contributed by atoms with E-state index in [1.165, 1.54) is 12.0 Å². The van der Waals surface area contributed by atoms with Crippen LogP contribution in [0.5, 0.6) is 5.75 Å². The van der Waals surface area contributed by atoms with E-state index < -0.39 is 0 Å². The fourth-order valence-corrected chi connectivity index (χ4v) is 2.69. The van der Waals surface area contributed by atoms with E-state index >= 15 is 0 Å². The van der Waals surface area contributed by atoms with E-state index in [1.807, 2.05) is 12.1 Å². The summed E-state index contributed by atoms with van der Waals surface area (Å²) in [6.45, 7) is 4.87. The second-order valence-electron chi connectivity index (χ2n) is 5.02. The summed E-state index contributed by atoms with van der Waals surface area (Å²) in [7, 11) is 0. The molecule has 18 heavy (non-hydrogen) atoms. The van der Waals surface area contributed by atoms with Gasteiger partial charge in [0.25, 0.3) is 0 Å². The van der Waals surface area contributed by atoms with Crippen molar-refractivity contribution in [2.75, 3.05) is 19.8 Å². The number of hydrogen-bond acceptors (Lipinski definition) is 3. The molecule has 2 atom stereocenters. The average Bonchev–Trinajstić information content (AvgIpc) is 2.39. The van der Waals surface area contributed by atoms with Gasteiger partial charge in [0.05, 0.1) is 6.61 Å². The molecular formula is C15H23NO2. The third-order valence-electron chi connectivity index (χ3n) is 3.60. The normalized spacial score (nSPS) is 21.7. The van der Waals surface area contributed by atoms with Gasteiger partial charge in [-0.15, -0.1) is 0 Å². The van der Waals surface area contributed by atoms with Crippen molar-refractivity contribution in [3.8, 4) is 5.75 Å². The summed E-state index contributed by atoms with van der Waals surface area (Å²) < 4.78 is 5.58. The van der Waals surface area contributed by atoms with Gasteiger partial charge in [-0.3, -0.25) is 0 Å². The Hall–Kier alpha value is -1.06. The molecule has 0 aliphatic carbocycles. The van der Waals surface area contributed by atoms with Gasteiger partial charge >= 0.3 is 0 Å². The quantitative estimate of drug-likeness (QED) is 0.841. The van der Waals surface area contributed by atoms with Gasteiger partial charge in [-0.05, 0) is 49.4 Å². The minimum Gasteiger partial charge on any atom is -0.508 e. The van der Waals surface area contributed by atoms with Gasteiger partial charge in [0.2, 0.25) is 0 Å². The summed E-state index contributed by atoms with van der Waals surface area (Å²) in [4.78, 5) is 0. The molecule has 1 aromatic rings. The molecule has 0 bridgehead atoms. The zero-order valence-corrected chi connectivity index (χ0v) is 11.1. The number of likely N-dealkylation sites (N-methyl/N-ethyl adjacent to an activating group) is 1. The molecule has 1 aromatic carbocycles. The van der Waals surface area contributed by atoms with Crippen LogP contribution in [-0.2, 0) is 11.2 Å². The van der Waals surface area contributed by atoms with Crippen molar-refractivity contribution < 1.29 is 9.84 Å². The summed E-state index contributed by atoms with van der Waals surface area (Å²) >= 11 is 0. The van der Waals surface area contributed by atoms with Crippen LogP contribution in [0.4, 0.5) is 0 Å². The molecule has 1 aliphatic rings. The van der Waals surface area contributed by atoms with E-state index in [2.05, 4.69) is 18.3 Å². The van der Waals surface area contributed by atoms with Gasteiger partial charge in [0.15, 0.2) is 0 Å². The van der Waals surface area contributed by atoms with E-state index in [9.17, 15) is 5.11 Å². The van der Waals surface area contributed by atoms with Crippen LogP contribution in [0.1, 0.15) is 25.3 Å². The van der Waals surface area contributed by atoms with E-state index in [0.29, 0.717) is 17.7 Å². The number of hydrogen-bond donors (Lipinski definition) is 2. The lowest BCUT2D eigenvalue weighted by Crippen LogP contribution is -2.41. The lowest BCUT2D eigenvalue weighted by atomic mass is 9.89. The van der Waals surface area contributed by atoms with Crippen molar-refractivity contribution in [1.82, 2.24) is 5.32 Å². The maximum atomic E-state index is 9.52. The first kappa shape index (κ1) is 13.4. The summed E-state index contributed by atoms with van der Waals surface area (Å²) in [6.07, 6.45) is 3.35. The van der Waals surface area contributed by atoms with Gasteiger partial charge in [-0.2, -0.15) is 0 Å². The number of benzene rings is 1. The summed E-state index contributed by atoms with van der Waals surface area (Å²) in [5.74, 6) is 0.934. The molecule has 0 radical (unpaired) electrons. The van der Waals surface area contributed by atoms with Crippen molar-refractivity contribution in [2.45, 2.75) is 32.2 Å². The van der Waals surface area contributed by atoms with Gasteiger partial charge in [-0.1, -0.05) is 19.1 Å². The van der Waals surface area contributed by atoms with Crippen LogP contribution >= 0.6 is 0 Å². The lowest BCUT2D eigenvalue weighted by molar-refractivity contribution is 0.0396. The van der Waals surface area contributed by atoms with E-state index in [1.54, 1.807) is 6.07 Å². The molecule has 0 saturated carbocycles. The third-order valence-corrected chi connectivity index (χ3v) is 3.60. The Morgan fingerprint density at radius 3 is 3.06 bits per heavy atom. The molecule has 0 spiro atoms. The van der Waals surface area contributed by atoms with E-state index in [0.717, 1.165) is 32.6 Å². The number of aromatic hydroxyl groups is 1. The van der Waals surface area contributed by atoms with Crippen LogP contribution in [0, 0.1) is 5.92 Å². The SMILES string of the molecule is CCNC(Cc1cccc(O)c1)C1CCCOC1. The molecule has 1 saturated heterocycles. The van der Waals surface area contributed by atoms with Crippen molar-refractivity contribution in [2.24, 2.45) is 5.92 Å². The van der Waals surface area contributed by atoms with Crippen LogP contribution in [0.15, 0.2) is 24.3 Å². The standard InChI is InChI=1S/C15H23NO2/c1-2-16-15(13-6-4-8-18-11-13)10-12-5-3-7-14(17)9-12/h3,5,7,9,13,15-17H,2,4,6,8,10-11H2,1H3. The Balaban J connectivity index is 2.00. The highest BCUT2D eigenvalue weighted by molar-refractivity contribution is 5.27. The topological polar surface area (TPSA) is 41.5 Å². The smallest absolute Gasteiger partial charge is 0.115 e. The first-order valence-corrected chi connectivity index (χ1v) is 6.88. The Labute approximate surface area is 109 Å².